The van der Waals surface area contributed by atoms with Gasteiger partial charge in [0, 0.05) is 6.54 Å². The molecule has 1 atom stereocenters. The molecule has 1 aliphatic rings. The Morgan fingerprint density at radius 1 is 1.45 bits per heavy atom. The number of benzene rings is 1. The molecule has 3 rings (SSSR count). The molecule has 2 aromatic rings. The fourth-order valence-electron chi connectivity index (χ4n) is 2.03. The lowest BCUT2D eigenvalue weighted by Crippen LogP contribution is -2.57. The van der Waals surface area contributed by atoms with E-state index in [1.54, 1.807) is 11.3 Å². The molecule has 1 aromatic heterocycles. The van der Waals surface area contributed by atoms with Gasteiger partial charge in [0.1, 0.15) is 11.0 Å². The molecule has 104 valence electrons. The first-order valence-electron chi connectivity index (χ1n) is 6.34. The van der Waals surface area contributed by atoms with Gasteiger partial charge in [-0.15, -0.1) is 11.3 Å². The minimum atomic E-state index is -0.373. The number of rotatable bonds is 3. The van der Waals surface area contributed by atoms with Gasteiger partial charge < -0.3 is 10.6 Å². The number of thiazole rings is 1. The number of para-hydroxylation sites is 1. The lowest BCUT2D eigenvalue weighted by Gasteiger charge is -2.22. The third-order valence-electron chi connectivity index (χ3n) is 3.08. The second-order valence-corrected chi connectivity index (χ2v) is 5.65. The first-order valence-corrected chi connectivity index (χ1v) is 7.16. The van der Waals surface area contributed by atoms with E-state index in [1.165, 1.54) is 0 Å². The molecule has 0 saturated carbocycles. The Bertz CT molecular complexity index is 612. The van der Waals surface area contributed by atoms with E-state index in [-0.39, 0.29) is 24.4 Å². The van der Waals surface area contributed by atoms with Gasteiger partial charge in [0.15, 0.2) is 0 Å². The Morgan fingerprint density at radius 3 is 3.05 bits per heavy atom. The van der Waals surface area contributed by atoms with Gasteiger partial charge >= 0.3 is 0 Å². The number of piperazine rings is 1. The minimum Gasteiger partial charge on any atom is -0.353 e. The summed E-state index contributed by atoms with van der Waals surface area (Å²) in [6.07, 6.45) is 0. The van der Waals surface area contributed by atoms with Gasteiger partial charge in [0.25, 0.3) is 0 Å². The predicted octanol–water partition coefficient (Wildman–Crippen LogP) is 0.000500. The first-order chi connectivity index (χ1) is 9.72. The van der Waals surface area contributed by atoms with Crippen LogP contribution in [0.15, 0.2) is 24.3 Å². The van der Waals surface area contributed by atoms with Gasteiger partial charge in [-0.1, -0.05) is 12.1 Å². The van der Waals surface area contributed by atoms with Crippen molar-refractivity contribution in [1.29, 1.82) is 0 Å². The van der Waals surface area contributed by atoms with Crippen LogP contribution in [0.4, 0.5) is 0 Å². The number of fused-ring (bicyclic) bond motifs is 1. The van der Waals surface area contributed by atoms with Crippen molar-refractivity contribution in [2.75, 3.05) is 13.1 Å². The van der Waals surface area contributed by atoms with Crippen molar-refractivity contribution in [2.24, 2.45) is 0 Å². The molecule has 20 heavy (non-hydrogen) atoms. The summed E-state index contributed by atoms with van der Waals surface area (Å²) in [6, 6.07) is 7.50. The molecule has 0 aliphatic carbocycles. The predicted molar refractivity (Wildman–Crippen MR) is 76.3 cm³/mol. The van der Waals surface area contributed by atoms with Gasteiger partial charge in [-0.25, -0.2) is 4.98 Å². The van der Waals surface area contributed by atoms with E-state index >= 15 is 0 Å². The first kappa shape index (κ1) is 13.0. The summed E-state index contributed by atoms with van der Waals surface area (Å²) < 4.78 is 1.11. The Labute approximate surface area is 119 Å². The van der Waals surface area contributed by atoms with E-state index in [9.17, 15) is 9.59 Å². The third kappa shape index (κ3) is 2.78. The molecule has 1 aromatic carbocycles. The smallest absolute Gasteiger partial charge is 0.239 e. The zero-order chi connectivity index (χ0) is 13.9. The number of nitrogens with zero attached hydrogens (tertiary/aromatic N) is 1. The largest absolute Gasteiger partial charge is 0.353 e. The highest BCUT2D eigenvalue weighted by atomic mass is 32.1. The van der Waals surface area contributed by atoms with E-state index in [1.807, 2.05) is 24.3 Å². The summed E-state index contributed by atoms with van der Waals surface area (Å²) in [5, 5.41) is 9.26. The summed E-state index contributed by atoms with van der Waals surface area (Å²) in [4.78, 5) is 27.4. The third-order valence-corrected chi connectivity index (χ3v) is 4.12. The van der Waals surface area contributed by atoms with E-state index in [0.29, 0.717) is 13.1 Å². The number of aromatic nitrogens is 1. The van der Waals surface area contributed by atoms with E-state index in [0.717, 1.165) is 15.2 Å². The molecule has 2 heterocycles. The summed E-state index contributed by atoms with van der Waals surface area (Å²) >= 11 is 1.57. The van der Waals surface area contributed by atoms with Crippen LogP contribution >= 0.6 is 11.3 Å². The van der Waals surface area contributed by atoms with E-state index in [4.69, 9.17) is 0 Å². The second-order valence-electron chi connectivity index (χ2n) is 4.53. The van der Waals surface area contributed by atoms with Gasteiger partial charge in [-0.3, -0.25) is 14.9 Å². The van der Waals surface area contributed by atoms with Gasteiger partial charge in [0.05, 0.1) is 23.3 Å². The molecule has 1 unspecified atom stereocenters. The van der Waals surface area contributed by atoms with Crippen LogP contribution in [0.5, 0.6) is 0 Å². The molecule has 0 bridgehead atoms. The zero-order valence-corrected chi connectivity index (χ0v) is 11.5. The Morgan fingerprint density at radius 2 is 2.30 bits per heavy atom. The molecule has 1 aliphatic heterocycles. The molecule has 2 amide bonds. The van der Waals surface area contributed by atoms with Gasteiger partial charge in [-0.2, -0.15) is 0 Å². The highest BCUT2D eigenvalue weighted by Crippen LogP contribution is 2.21. The highest BCUT2D eigenvalue weighted by Gasteiger charge is 2.23. The van der Waals surface area contributed by atoms with Crippen LogP contribution in [0.1, 0.15) is 5.01 Å². The Balaban J connectivity index is 1.58. The lowest BCUT2D eigenvalue weighted by molar-refractivity contribution is -0.126. The van der Waals surface area contributed by atoms with Crippen molar-refractivity contribution in [3.63, 3.8) is 0 Å². The molecule has 0 spiro atoms. The van der Waals surface area contributed by atoms with Gasteiger partial charge in [0.2, 0.25) is 11.8 Å². The maximum atomic E-state index is 11.9. The van der Waals surface area contributed by atoms with Crippen LogP contribution in [0, 0.1) is 0 Å². The topological polar surface area (TPSA) is 83.1 Å². The van der Waals surface area contributed by atoms with Crippen molar-refractivity contribution in [3.8, 4) is 0 Å². The fraction of sp³-hybridized carbons (Fsp3) is 0.308. The van der Waals surface area contributed by atoms with Gasteiger partial charge in [-0.05, 0) is 12.1 Å². The molecule has 6 nitrogen and oxygen atoms in total. The number of carbonyl (C=O) groups is 2. The van der Waals surface area contributed by atoms with Crippen molar-refractivity contribution in [2.45, 2.75) is 12.6 Å². The summed E-state index contributed by atoms with van der Waals surface area (Å²) in [7, 11) is 0. The number of hydrogen-bond acceptors (Lipinski definition) is 5. The van der Waals surface area contributed by atoms with Crippen molar-refractivity contribution < 1.29 is 9.59 Å². The summed E-state index contributed by atoms with van der Waals surface area (Å²) in [5.41, 5.74) is 0.949. The monoisotopic (exact) mass is 290 g/mol. The maximum Gasteiger partial charge on any atom is 0.239 e. The second kappa shape index (κ2) is 5.56. The maximum absolute atomic E-state index is 11.9. The molecule has 0 radical (unpaired) electrons. The van der Waals surface area contributed by atoms with Crippen LogP contribution in [-0.4, -0.2) is 35.9 Å². The molecule has 1 fully saturated rings. The van der Waals surface area contributed by atoms with Crippen LogP contribution in [0.3, 0.4) is 0 Å². The number of hydrogen-bond donors (Lipinski definition) is 3. The van der Waals surface area contributed by atoms with E-state index < -0.39 is 0 Å². The molecular weight excluding hydrogens is 276 g/mol. The van der Waals surface area contributed by atoms with Crippen LogP contribution < -0.4 is 16.0 Å². The van der Waals surface area contributed by atoms with Crippen LogP contribution in [0.25, 0.3) is 10.2 Å². The average molecular weight is 290 g/mol. The summed E-state index contributed by atoms with van der Waals surface area (Å²) in [6.45, 7) is 0.911. The number of amides is 2. The SMILES string of the molecule is O=C1CNC(C(=O)NCc2nc3ccccc3s2)CN1. The Kier molecular flexibility index (Phi) is 3.62. The quantitative estimate of drug-likeness (QED) is 0.743. The standard InChI is InChI=1S/C13H14N4O2S/c18-11-6-14-9(5-15-11)13(19)16-7-12-17-8-3-1-2-4-10(8)20-12/h1-4,9,14H,5-7H2,(H,15,18)(H,16,19). The highest BCUT2D eigenvalue weighted by molar-refractivity contribution is 7.18. The molecule has 7 heteroatoms. The zero-order valence-electron chi connectivity index (χ0n) is 10.7. The lowest BCUT2D eigenvalue weighted by atomic mass is 10.2. The van der Waals surface area contributed by atoms with Crippen molar-refractivity contribution >= 4 is 33.4 Å². The average Bonchev–Trinajstić information content (AvgIpc) is 2.88. The molecular formula is C13H14N4O2S. The van der Waals surface area contributed by atoms with Crippen molar-refractivity contribution in [1.82, 2.24) is 20.9 Å². The normalized spacial score (nSPS) is 18.8. The minimum absolute atomic E-state index is 0.0831. The Hall–Kier alpha value is -1.99. The van der Waals surface area contributed by atoms with Crippen LogP contribution in [0.2, 0.25) is 0 Å². The van der Waals surface area contributed by atoms with Crippen molar-refractivity contribution in [3.05, 3.63) is 29.3 Å². The number of carbonyl (C=O) groups excluding carboxylic acids is 2. The van der Waals surface area contributed by atoms with E-state index in [2.05, 4.69) is 20.9 Å². The number of nitrogens with one attached hydrogen (secondary N) is 3. The molecule has 3 N–H and O–H groups in total. The summed E-state index contributed by atoms with van der Waals surface area (Å²) in [5.74, 6) is -0.204. The van der Waals surface area contributed by atoms with Crippen LogP contribution in [-0.2, 0) is 16.1 Å². The molecule has 1 saturated heterocycles. The fourth-order valence-corrected chi connectivity index (χ4v) is 2.94.